The fourth-order valence-electron chi connectivity index (χ4n) is 3.59. The summed E-state index contributed by atoms with van der Waals surface area (Å²) in [4.78, 5) is 26.4. The number of benzene rings is 2. The first-order valence-electron chi connectivity index (χ1n) is 10.7. The molecule has 1 N–H and O–H groups in total. The monoisotopic (exact) mass is 445 g/mol. The number of hydrogen-bond acceptors (Lipinski definition) is 4. The Morgan fingerprint density at radius 2 is 1.84 bits per heavy atom. The highest BCUT2D eigenvalue weighted by molar-refractivity contribution is 7.07. The topological polar surface area (TPSA) is 74.9 Å². The van der Waals surface area contributed by atoms with Gasteiger partial charge >= 0.3 is 0 Å². The van der Waals surface area contributed by atoms with Crippen LogP contribution in [-0.4, -0.2) is 17.0 Å². The third-order valence-corrected chi connectivity index (χ3v) is 6.29. The van der Waals surface area contributed by atoms with Crippen molar-refractivity contribution in [3.05, 3.63) is 84.3 Å². The van der Waals surface area contributed by atoms with Crippen LogP contribution in [0.4, 0.5) is 0 Å². The zero-order valence-electron chi connectivity index (χ0n) is 18.9. The molecule has 0 saturated carbocycles. The van der Waals surface area contributed by atoms with Crippen LogP contribution < -0.4 is 20.1 Å². The van der Waals surface area contributed by atoms with Crippen molar-refractivity contribution in [2.24, 2.45) is 0 Å². The number of rotatable bonds is 6. The molecular formula is C26H27N3O2S. The predicted molar refractivity (Wildman–Crippen MR) is 130 cm³/mol. The lowest BCUT2D eigenvalue weighted by molar-refractivity contribution is -0.115. The van der Waals surface area contributed by atoms with Crippen molar-refractivity contribution in [2.75, 3.05) is 6.54 Å². The third kappa shape index (κ3) is 4.90. The van der Waals surface area contributed by atoms with Gasteiger partial charge < -0.3 is 5.32 Å². The van der Waals surface area contributed by atoms with Crippen molar-refractivity contribution < 1.29 is 4.79 Å². The van der Waals surface area contributed by atoms with Gasteiger partial charge in [-0.25, -0.2) is 0 Å². The molecule has 6 heteroatoms. The maximum atomic E-state index is 13.6. The number of amides is 1. The number of hydrogen-bond donors (Lipinski definition) is 1. The normalized spacial score (nSPS) is 12.4. The zero-order valence-corrected chi connectivity index (χ0v) is 19.7. The fourth-order valence-corrected chi connectivity index (χ4v) is 4.67. The Bertz CT molecular complexity index is 1350. The number of nitrogens with one attached hydrogen (secondary N) is 1. The van der Waals surface area contributed by atoms with Gasteiger partial charge in [-0.1, -0.05) is 61.4 Å². The smallest absolute Gasteiger partial charge is 0.273 e. The molecule has 0 unspecified atom stereocenters. The van der Waals surface area contributed by atoms with Gasteiger partial charge in [-0.15, -0.1) is 11.3 Å². The summed E-state index contributed by atoms with van der Waals surface area (Å²) in [5, 5.41) is 12.7. The number of nitriles is 1. The lowest BCUT2D eigenvalue weighted by Crippen LogP contribution is -2.34. The standard InChI is InChI=1S/C26H27N3O2S/c1-5-6-13-28-24(30)21(16-27)26-29(23-18(3)10-8-11-19(23)4)25(31)22(32-26)15-20-12-7-9-17(2)14-20/h7-12,14-15H,5-6,13H2,1-4H3,(H,28,30)/b22-15-,26-21-. The molecule has 32 heavy (non-hydrogen) atoms. The molecule has 0 fully saturated rings. The maximum Gasteiger partial charge on any atom is 0.273 e. The predicted octanol–water partition coefficient (Wildman–Crippen LogP) is 3.24. The molecule has 0 atom stereocenters. The minimum atomic E-state index is -0.454. The van der Waals surface area contributed by atoms with Gasteiger partial charge in [0.25, 0.3) is 11.5 Å². The van der Waals surface area contributed by atoms with Crippen LogP contribution in [0, 0.1) is 32.1 Å². The van der Waals surface area contributed by atoms with E-state index in [9.17, 15) is 14.9 Å². The highest BCUT2D eigenvalue weighted by atomic mass is 32.1. The molecule has 1 aromatic heterocycles. The SMILES string of the molecule is CCCCNC(=O)/C(C#N)=c1\s/c(=C\c2cccc(C)c2)c(=O)n1-c1c(C)cccc1C. The highest BCUT2D eigenvalue weighted by Crippen LogP contribution is 2.16. The van der Waals surface area contributed by atoms with Gasteiger partial charge in [0, 0.05) is 6.54 Å². The van der Waals surface area contributed by atoms with Gasteiger partial charge in [-0.05, 0) is 50.0 Å². The minimum absolute atomic E-state index is 0.0465. The Kier molecular flexibility index (Phi) is 7.45. The van der Waals surface area contributed by atoms with Gasteiger partial charge in [0.05, 0.1) is 10.2 Å². The summed E-state index contributed by atoms with van der Waals surface area (Å²) in [6, 6.07) is 15.7. The van der Waals surface area contributed by atoms with E-state index in [0.717, 1.165) is 35.1 Å². The molecule has 0 aliphatic carbocycles. The van der Waals surface area contributed by atoms with Crippen molar-refractivity contribution in [2.45, 2.75) is 40.5 Å². The number of carbonyl (C=O) groups excluding carboxylic acids is 1. The van der Waals surface area contributed by atoms with E-state index >= 15 is 0 Å². The second-order valence-corrected chi connectivity index (χ2v) is 8.84. The molecule has 2 aromatic carbocycles. The third-order valence-electron chi connectivity index (χ3n) is 5.20. The zero-order chi connectivity index (χ0) is 23.3. The molecule has 1 amide bonds. The van der Waals surface area contributed by atoms with Gasteiger partial charge in [-0.2, -0.15) is 5.26 Å². The second-order valence-electron chi connectivity index (χ2n) is 7.81. The van der Waals surface area contributed by atoms with Crippen LogP contribution in [0.3, 0.4) is 0 Å². The average molecular weight is 446 g/mol. The Balaban J connectivity index is 2.37. The van der Waals surface area contributed by atoms with Crippen LogP contribution in [0.25, 0.3) is 17.3 Å². The van der Waals surface area contributed by atoms with Gasteiger partial charge in [0.1, 0.15) is 10.7 Å². The van der Waals surface area contributed by atoms with E-state index in [1.54, 1.807) is 0 Å². The van der Waals surface area contributed by atoms with Crippen molar-refractivity contribution >= 4 is 28.9 Å². The first-order valence-corrected chi connectivity index (χ1v) is 11.5. The maximum absolute atomic E-state index is 13.6. The number of para-hydroxylation sites is 1. The molecule has 1 heterocycles. The number of nitrogens with zero attached hydrogens (tertiary/aromatic N) is 2. The van der Waals surface area contributed by atoms with E-state index in [1.165, 1.54) is 15.9 Å². The van der Waals surface area contributed by atoms with Crippen LogP contribution in [0.5, 0.6) is 0 Å². The average Bonchev–Trinajstić information content (AvgIpc) is 3.05. The summed E-state index contributed by atoms with van der Waals surface area (Å²) < 4.78 is 2.35. The summed E-state index contributed by atoms with van der Waals surface area (Å²) in [5.74, 6) is -0.454. The first-order chi connectivity index (χ1) is 15.4. The molecule has 0 spiro atoms. The van der Waals surface area contributed by atoms with Crippen molar-refractivity contribution in [3.8, 4) is 11.8 Å². The second kappa shape index (κ2) is 10.3. The minimum Gasteiger partial charge on any atom is -0.351 e. The molecule has 0 bridgehead atoms. The van der Waals surface area contributed by atoms with E-state index in [-0.39, 0.29) is 11.1 Å². The first kappa shape index (κ1) is 23.2. The lowest BCUT2D eigenvalue weighted by Gasteiger charge is -2.11. The lowest BCUT2D eigenvalue weighted by atomic mass is 10.1. The van der Waals surface area contributed by atoms with Gasteiger partial charge in [-0.3, -0.25) is 14.2 Å². The number of carbonyl (C=O) groups is 1. The van der Waals surface area contributed by atoms with Crippen molar-refractivity contribution in [3.63, 3.8) is 0 Å². The summed E-state index contributed by atoms with van der Waals surface area (Å²) >= 11 is 1.17. The van der Waals surface area contributed by atoms with Crippen LogP contribution >= 0.6 is 11.3 Å². The van der Waals surface area contributed by atoms with Crippen LogP contribution in [0.2, 0.25) is 0 Å². The van der Waals surface area contributed by atoms with Crippen LogP contribution in [0.15, 0.2) is 47.3 Å². The molecule has 3 rings (SSSR count). The number of aryl methyl sites for hydroxylation is 3. The molecule has 164 valence electrons. The molecule has 0 saturated heterocycles. The van der Waals surface area contributed by atoms with E-state index < -0.39 is 5.91 Å². The van der Waals surface area contributed by atoms with Gasteiger partial charge in [0.2, 0.25) is 0 Å². The summed E-state index contributed by atoms with van der Waals surface area (Å²) in [6.07, 6.45) is 3.58. The van der Waals surface area contributed by atoms with Crippen LogP contribution in [-0.2, 0) is 4.79 Å². The van der Waals surface area contributed by atoms with E-state index in [0.29, 0.717) is 21.4 Å². The summed E-state index contributed by atoms with van der Waals surface area (Å²) in [6.45, 7) is 8.36. The Morgan fingerprint density at radius 1 is 1.16 bits per heavy atom. The Morgan fingerprint density at radius 3 is 2.47 bits per heavy atom. The van der Waals surface area contributed by atoms with Gasteiger partial charge in [0.15, 0.2) is 5.57 Å². The molecular weight excluding hydrogens is 418 g/mol. The number of unbranched alkanes of at least 4 members (excludes halogenated alkanes) is 1. The van der Waals surface area contributed by atoms with E-state index in [2.05, 4.69) is 5.32 Å². The fraction of sp³-hybridized carbons (Fsp3) is 0.269. The molecule has 0 radical (unpaired) electrons. The largest absolute Gasteiger partial charge is 0.351 e. The quantitative estimate of drug-likeness (QED) is 0.592. The van der Waals surface area contributed by atoms with Crippen molar-refractivity contribution in [1.82, 2.24) is 9.88 Å². The summed E-state index contributed by atoms with van der Waals surface area (Å²) in [7, 11) is 0. The van der Waals surface area contributed by atoms with Crippen molar-refractivity contribution in [1.29, 1.82) is 5.26 Å². The Labute approximate surface area is 192 Å². The van der Waals surface area contributed by atoms with E-state index in [1.807, 2.05) is 82.3 Å². The number of aromatic nitrogens is 1. The number of thiazole rings is 1. The summed E-state index contributed by atoms with van der Waals surface area (Å²) in [5.41, 5.74) is 4.21. The Hall–Kier alpha value is -3.43. The van der Waals surface area contributed by atoms with E-state index in [4.69, 9.17) is 0 Å². The van der Waals surface area contributed by atoms with Crippen LogP contribution in [0.1, 0.15) is 42.0 Å². The molecule has 0 aliphatic rings. The molecule has 0 aliphatic heterocycles. The highest BCUT2D eigenvalue weighted by Gasteiger charge is 2.18. The molecule has 3 aromatic rings. The molecule has 5 nitrogen and oxygen atoms in total.